The Balaban J connectivity index is 2.03. The van der Waals surface area contributed by atoms with Gasteiger partial charge in [0, 0.05) is 17.3 Å². The number of nitrogens with two attached hydrogens (primary N) is 1. The minimum atomic E-state index is -1.25. The first-order valence-corrected chi connectivity index (χ1v) is 8.00. The van der Waals surface area contributed by atoms with Gasteiger partial charge in [0.15, 0.2) is 5.78 Å². The van der Waals surface area contributed by atoms with Gasteiger partial charge < -0.3 is 16.2 Å². The highest BCUT2D eigenvalue weighted by Gasteiger charge is 2.36. The van der Waals surface area contributed by atoms with Gasteiger partial charge in [0.25, 0.3) is 0 Å². The van der Waals surface area contributed by atoms with Crippen molar-refractivity contribution >= 4 is 29.3 Å². The summed E-state index contributed by atoms with van der Waals surface area (Å²) in [5.74, 6) is -1.22. The van der Waals surface area contributed by atoms with E-state index in [-0.39, 0.29) is 33.4 Å². The zero-order valence-corrected chi connectivity index (χ0v) is 13.8. The van der Waals surface area contributed by atoms with Crippen LogP contribution in [0, 0.1) is 11.7 Å². The number of nitrogens with zero attached hydrogens (tertiary/aromatic N) is 1. The number of amides is 1. The number of benzene rings is 1. The Kier molecular flexibility index (Phi) is 4.59. The van der Waals surface area contributed by atoms with Gasteiger partial charge in [-0.1, -0.05) is 17.7 Å². The number of rotatable bonds is 5. The second-order valence-corrected chi connectivity index (χ2v) is 6.30. The van der Waals surface area contributed by atoms with Crippen LogP contribution in [0.2, 0.25) is 5.02 Å². The standard InChI is InChI=1S/C17H15ClFN3O3/c18-11-5-4-10(15(8-1-2-8)22-17(24)25)14(19)13(11)16(23)9-3-6-12(20)21-7-9/h3-8,15,22H,1-2H2,(H2,20,21)(H,24,25)/t15-/m1/s1. The molecule has 0 bridgehead atoms. The highest BCUT2D eigenvalue weighted by Crippen LogP contribution is 2.42. The number of hydrogen-bond acceptors (Lipinski definition) is 4. The molecular formula is C17H15ClFN3O3. The molecule has 1 aliphatic rings. The van der Waals surface area contributed by atoms with E-state index in [1.165, 1.54) is 30.5 Å². The van der Waals surface area contributed by atoms with Crippen LogP contribution < -0.4 is 11.1 Å². The van der Waals surface area contributed by atoms with Crippen molar-refractivity contribution in [2.45, 2.75) is 18.9 Å². The fourth-order valence-electron chi connectivity index (χ4n) is 2.71. The minimum Gasteiger partial charge on any atom is -0.465 e. The lowest BCUT2D eigenvalue weighted by atomic mass is 9.95. The largest absolute Gasteiger partial charge is 0.465 e. The molecule has 0 radical (unpaired) electrons. The molecule has 6 nitrogen and oxygen atoms in total. The van der Waals surface area contributed by atoms with E-state index in [2.05, 4.69) is 10.3 Å². The van der Waals surface area contributed by atoms with Crippen molar-refractivity contribution in [2.24, 2.45) is 5.92 Å². The molecule has 2 aromatic rings. The van der Waals surface area contributed by atoms with Crippen molar-refractivity contribution in [3.05, 3.63) is 58.0 Å². The van der Waals surface area contributed by atoms with Gasteiger partial charge in [-0.25, -0.2) is 14.2 Å². The number of aromatic nitrogens is 1. The zero-order chi connectivity index (χ0) is 18.1. The van der Waals surface area contributed by atoms with Gasteiger partial charge in [-0.15, -0.1) is 0 Å². The van der Waals surface area contributed by atoms with Crippen LogP contribution in [0.3, 0.4) is 0 Å². The molecular weight excluding hydrogens is 349 g/mol. The summed E-state index contributed by atoms with van der Waals surface area (Å²) in [7, 11) is 0. The Morgan fingerprint density at radius 3 is 2.60 bits per heavy atom. The van der Waals surface area contributed by atoms with Crippen LogP contribution in [0.15, 0.2) is 30.5 Å². The van der Waals surface area contributed by atoms with Crippen LogP contribution in [0.4, 0.5) is 15.0 Å². The highest BCUT2D eigenvalue weighted by molar-refractivity contribution is 6.35. The van der Waals surface area contributed by atoms with Crippen molar-refractivity contribution in [3.8, 4) is 0 Å². The fourth-order valence-corrected chi connectivity index (χ4v) is 2.94. The third-order valence-electron chi connectivity index (χ3n) is 4.10. The van der Waals surface area contributed by atoms with Crippen LogP contribution in [0.25, 0.3) is 0 Å². The fraction of sp³-hybridized carbons (Fsp3) is 0.235. The van der Waals surface area contributed by atoms with E-state index in [0.717, 1.165) is 12.8 Å². The smallest absolute Gasteiger partial charge is 0.405 e. The Bertz CT molecular complexity index is 838. The molecule has 0 unspecified atom stereocenters. The maximum atomic E-state index is 15.1. The number of halogens is 2. The molecule has 25 heavy (non-hydrogen) atoms. The first-order chi connectivity index (χ1) is 11.9. The second kappa shape index (κ2) is 6.68. The summed E-state index contributed by atoms with van der Waals surface area (Å²) in [5, 5.41) is 11.3. The molecule has 1 heterocycles. The van der Waals surface area contributed by atoms with E-state index in [1.807, 2.05) is 0 Å². The molecule has 3 rings (SSSR count). The van der Waals surface area contributed by atoms with Gasteiger partial charge in [-0.05, 0) is 37.0 Å². The molecule has 4 N–H and O–H groups in total. The van der Waals surface area contributed by atoms with E-state index >= 15 is 4.39 Å². The molecule has 1 saturated carbocycles. The van der Waals surface area contributed by atoms with E-state index < -0.39 is 23.7 Å². The molecule has 1 aliphatic carbocycles. The van der Waals surface area contributed by atoms with Gasteiger partial charge in [-0.3, -0.25) is 4.79 Å². The molecule has 1 atom stereocenters. The molecule has 0 saturated heterocycles. The maximum Gasteiger partial charge on any atom is 0.405 e. The summed E-state index contributed by atoms with van der Waals surface area (Å²) < 4.78 is 15.1. The average Bonchev–Trinajstić information content (AvgIpc) is 3.38. The monoisotopic (exact) mass is 363 g/mol. The minimum absolute atomic E-state index is 0.00733. The number of nitrogen functional groups attached to an aromatic ring is 1. The molecule has 1 aromatic carbocycles. The molecule has 8 heteroatoms. The number of ketones is 1. The first kappa shape index (κ1) is 17.2. The Morgan fingerprint density at radius 2 is 2.04 bits per heavy atom. The number of carbonyl (C=O) groups is 2. The lowest BCUT2D eigenvalue weighted by Gasteiger charge is -2.19. The van der Waals surface area contributed by atoms with Crippen molar-refractivity contribution in [2.75, 3.05) is 5.73 Å². The van der Waals surface area contributed by atoms with E-state index in [9.17, 15) is 9.59 Å². The molecule has 1 amide bonds. The molecule has 0 spiro atoms. The molecule has 1 fully saturated rings. The predicted octanol–water partition coefficient (Wildman–Crippen LogP) is 3.41. The van der Waals surface area contributed by atoms with Gasteiger partial charge >= 0.3 is 6.09 Å². The SMILES string of the molecule is Nc1ccc(C(=O)c2c(Cl)ccc([C@H](NC(=O)O)C3CC3)c2F)cn1. The lowest BCUT2D eigenvalue weighted by Crippen LogP contribution is -2.29. The predicted molar refractivity (Wildman–Crippen MR) is 90.1 cm³/mol. The number of hydrogen-bond donors (Lipinski definition) is 3. The molecule has 0 aliphatic heterocycles. The number of anilines is 1. The summed E-state index contributed by atoms with van der Waals surface area (Å²) in [5.41, 5.74) is 5.44. The van der Waals surface area contributed by atoms with E-state index in [1.54, 1.807) is 0 Å². The third-order valence-corrected chi connectivity index (χ3v) is 4.42. The van der Waals surface area contributed by atoms with Crippen molar-refractivity contribution in [1.82, 2.24) is 10.3 Å². The van der Waals surface area contributed by atoms with Gasteiger partial charge in [0.2, 0.25) is 0 Å². The number of carboxylic acid groups (broad SMARTS) is 1. The Morgan fingerprint density at radius 1 is 1.32 bits per heavy atom. The van der Waals surface area contributed by atoms with Crippen molar-refractivity contribution in [1.29, 1.82) is 0 Å². The van der Waals surface area contributed by atoms with Gasteiger partial charge in [0.05, 0.1) is 16.6 Å². The molecule has 1 aromatic heterocycles. The summed E-state index contributed by atoms with van der Waals surface area (Å²) in [6.07, 6.45) is 1.58. The summed E-state index contributed by atoms with van der Waals surface area (Å²) >= 11 is 6.04. The average molecular weight is 364 g/mol. The Hall–Kier alpha value is -2.67. The summed E-state index contributed by atoms with van der Waals surface area (Å²) in [6, 6.07) is 4.96. The number of nitrogens with one attached hydrogen (secondary N) is 1. The first-order valence-electron chi connectivity index (χ1n) is 7.62. The van der Waals surface area contributed by atoms with Crippen molar-refractivity contribution in [3.63, 3.8) is 0 Å². The zero-order valence-electron chi connectivity index (χ0n) is 13.0. The number of pyridine rings is 1. The second-order valence-electron chi connectivity index (χ2n) is 5.89. The third kappa shape index (κ3) is 3.56. The van der Waals surface area contributed by atoms with E-state index in [4.69, 9.17) is 22.4 Å². The maximum absolute atomic E-state index is 15.1. The van der Waals surface area contributed by atoms with Crippen LogP contribution in [-0.2, 0) is 0 Å². The quantitative estimate of drug-likeness (QED) is 0.706. The van der Waals surface area contributed by atoms with E-state index in [0.29, 0.717) is 0 Å². The normalized spacial score (nSPS) is 14.8. The topological polar surface area (TPSA) is 105 Å². The highest BCUT2D eigenvalue weighted by atomic mass is 35.5. The Labute approximate surface area is 147 Å². The summed E-state index contributed by atoms with van der Waals surface area (Å²) in [4.78, 5) is 27.5. The lowest BCUT2D eigenvalue weighted by molar-refractivity contribution is 0.103. The number of carbonyl (C=O) groups excluding carboxylic acids is 1. The van der Waals surface area contributed by atoms with Gasteiger partial charge in [-0.2, -0.15) is 0 Å². The van der Waals surface area contributed by atoms with Crippen LogP contribution in [-0.4, -0.2) is 22.0 Å². The van der Waals surface area contributed by atoms with Crippen LogP contribution in [0.1, 0.15) is 40.4 Å². The van der Waals surface area contributed by atoms with Gasteiger partial charge in [0.1, 0.15) is 11.6 Å². The van der Waals surface area contributed by atoms with Crippen LogP contribution in [0.5, 0.6) is 0 Å². The van der Waals surface area contributed by atoms with Crippen LogP contribution >= 0.6 is 11.6 Å². The van der Waals surface area contributed by atoms with Crippen molar-refractivity contribution < 1.29 is 19.1 Å². The summed E-state index contributed by atoms with van der Waals surface area (Å²) in [6.45, 7) is 0. The molecule has 130 valence electrons.